The van der Waals surface area contributed by atoms with E-state index in [2.05, 4.69) is 37.6 Å². The minimum atomic E-state index is 0. The second-order valence-corrected chi connectivity index (χ2v) is 5.47. The Kier molecular flexibility index (Phi) is 12.0. The van der Waals surface area contributed by atoms with E-state index in [1.807, 2.05) is 12.1 Å². The highest BCUT2D eigenvalue weighted by atomic mass is 127. The van der Waals surface area contributed by atoms with Gasteiger partial charge in [-0.1, -0.05) is 13.8 Å². The molecule has 0 saturated carbocycles. The molecule has 0 aliphatic rings. The van der Waals surface area contributed by atoms with E-state index in [1.165, 1.54) is 31.4 Å². The average molecular weight is 405 g/mol. The van der Waals surface area contributed by atoms with Gasteiger partial charge in [0.05, 0.1) is 6.61 Å². The topological polar surface area (TPSA) is 25.4 Å². The fourth-order valence-electron chi connectivity index (χ4n) is 2.31. The van der Waals surface area contributed by atoms with E-state index in [0.717, 1.165) is 25.5 Å². The molecule has 0 aliphatic heterocycles. The zero-order chi connectivity index (χ0) is 14.8. The number of aromatic nitrogens is 1. The highest BCUT2D eigenvalue weighted by Crippen LogP contribution is 2.10. The Balaban J connectivity index is 0.00000400. The van der Waals surface area contributed by atoms with E-state index in [0.29, 0.717) is 6.04 Å². The SMILES string of the molecule is CCC(C)N(CC)CCCCCOc1cc(C)ccn1.[I-]. The van der Waals surface area contributed by atoms with E-state index < -0.39 is 0 Å². The molecule has 0 fully saturated rings. The third-order valence-corrected chi connectivity index (χ3v) is 3.85. The number of hydrogen-bond acceptors (Lipinski definition) is 3. The number of unbranched alkanes of at least 4 members (excludes halogenated alkanes) is 2. The van der Waals surface area contributed by atoms with Gasteiger partial charge in [0, 0.05) is 18.3 Å². The molecule has 122 valence electrons. The molecule has 1 unspecified atom stereocenters. The van der Waals surface area contributed by atoms with Crippen LogP contribution in [-0.2, 0) is 0 Å². The Bertz CT molecular complexity index is 374. The predicted octanol–water partition coefficient (Wildman–Crippen LogP) is 1.06. The molecule has 0 amide bonds. The maximum Gasteiger partial charge on any atom is 0.213 e. The van der Waals surface area contributed by atoms with Gasteiger partial charge >= 0.3 is 0 Å². The van der Waals surface area contributed by atoms with Crippen LogP contribution in [0.4, 0.5) is 0 Å². The molecule has 1 aromatic rings. The summed E-state index contributed by atoms with van der Waals surface area (Å²) in [5.41, 5.74) is 1.20. The summed E-state index contributed by atoms with van der Waals surface area (Å²) in [6.45, 7) is 12.0. The van der Waals surface area contributed by atoms with Gasteiger partial charge in [-0.15, -0.1) is 0 Å². The number of pyridine rings is 1. The summed E-state index contributed by atoms with van der Waals surface area (Å²) in [7, 11) is 0. The van der Waals surface area contributed by atoms with Crippen LogP contribution in [0.5, 0.6) is 5.88 Å². The van der Waals surface area contributed by atoms with Crippen molar-refractivity contribution in [1.29, 1.82) is 0 Å². The van der Waals surface area contributed by atoms with Gasteiger partial charge in [-0.3, -0.25) is 0 Å². The molecule has 0 radical (unpaired) electrons. The Morgan fingerprint density at radius 1 is 1.24 bits per heavy atom. The molecule has 1 aromatic heterocycles. The maximum absolute atomic E-state index is 5.66. The van der Waals surface area contributed by atoms with Crippen LogP contribution in [0.3, 0.4) is 0 Å². The van der Waals surface area contributed by atoms with E-state index in [-0.39, 0.29) is 24.0 Å². The van der Waals surface area contributed by atoms with Crippen molar-refractivity contribution < 1.29 is 28.7 Å². The van der Waals surface area contributed by atoms with E-state index >= 15 is 0 Å². The van der Waals surface area contributed by atoms with Crippen LogP contribution in [0.2, 0.25) is 0 Å². The van der Waals surface area contributed by atoms with Gasteiger partial charge < -0.3 is 33.6 Å². The molecule has 1 atom stereocenters. The van der Waals surface area contributed by atoms with Crippen LogP contribution < -0.4 is 28.7 Å². The lowest BCUT2D eigenvalue weighted by atomic mass is 10.2. The van der Waals surface area contributed by atoms with E-state index in [4.69, 9.17) is 4.74 Å². The van der Waals surface area contributed by atoms with Crippen molar-refractivity contribution >= 4 is 0 Å². The first-order valence-electron chi connectivity index (χ1n) is 7.96. The largest absolute Gasteiger partial charge is 1.00 e. The Hall–Kier alpha value is -0.360. The normalized spacial score (nSPS) is 12.0. The summed E-state index contributed by atoms with van der Waals surface area (Å²) >= 11 is 0. The fourth-order valence-corrected chi connectivity index (χ4v) is 2.31. The molecule has 1 rings (SSSR count). The number of rotatable bonds is 10. The zero-order valence-corrected chi connectivity index (χ0v) is 16.1. The molecule has 4 heteroatoms. The highest BCUT2D eigenvalue weighted by molar-refractivity contribution is 5.18. The summed E-state index contributed by atoms with van der Waals surface area (Å²) in [5.74, 6) is 0.750. The van der Waals surface area contributed by atoms with Crippen molar-refractivity contribution in [3.05, 3.63) is 23.9 Å². The minimum absolute atomic E-state index is 0. The summed E-state index contributed by atoms with van der Waals surface area (Å²) in [5, 5.41) is 0. The molecule has 0 N–H and O–H groups in total. The van der Waals surface area contributed by atoms with Crippen molar-refractivity contribution in [2.75, 3.05) is 19.7 Å². The first-order chi connectivity index (χ1) is 9.67. The lowest BCUT2D eigenvalue weighted by Crippen LogP contribution is -3.00. The molecular weight excluding hydrogens is 375 g/mol. The number of ether oxygens (including phenoxy) is 1. The third kappa shape index (κ3) is 8.61. The molecule has 0 bridgehead atoms. The monoisotopic (exact) mass is 405 g/mol. The molecule has 21 heavy (non-hydrogen) atoms. The van der Waals surface area contributed by atoms with Crippen LogP contribution in [0, 0.1) is 6.92 Å². The maximum atomic E-state index is 5.66. The Morgan fingerprint density at radius 3 is 2.62 bits per heavy atom. The van der Waals surface area contributed by atoms with Crippen molar-refractivity contribution in [1.82, 2.24) is 9.88 Å². The van der Waals surface area contributed by atoms with Crippen LogP contribution in [0.15, 0.2) is 18.3 Å². The number of hydrogen-bond donors (Lipinski definition) is 0. The predicted molar refractivity (Wildman–Crippen MR) is 85.3 cm³/mol. The smallest absolute Gasteiger partial charge is 0.213 e. The van der Waals surface area contributed by atoms with Gasteiger partial charge in [0.1, 0.15) is 0 Å². The first-order valence-corrected chi connectivity index (χ1v) is 7.96. The zero-order valence-electron chi connectivity index (χ0n) is 13.9. The lowest BCUT2D eigenvalue weighted by Gasteiger charge is -2.26. The fraction of sp³-hybridized carbons (Fsp3) is 0.706. The molecule has 0 aromatic carbocycles. The van der Waals surface area contributed by atoms with Crippen molar-refractivity contribution in [3.63, 3.8) is 0 Å². The van der Waals surface area contributed by atoms with E-state index in [9.17, 15) is 0 Å². The van der Waals surface area contributed by atoms with Gasteiger partial charge in [0.2, 0.25) is 5.88 Å². The van der Waals surface area contributed by atoms with Crippen molar-refractivity contribution in [3.8, 4) is 5.88 Å². The lowest BCUT2D eigenvalue weighted by molar-refractivity contribution is -0.00000528. The third-order valence-electron chi connectivity index (χ3n) is 3.85. The second kappa shape index (κ2) is 12.2. The minimum Gasteiger partial charge on any atom is -1.00 e. The van der Waals surface area contributed by atoms with Crippen LogP contribution in [-0.4, -0.2) is 35.6 Å². The Morgan fingerprint density at radius 2 is 2.00 bits per heavy atom. The quantitative estimate of drug-likeness (QED) is 0.430. The van der Waals surface area contributed by atoms with Gasteiger partial charge in [-0.05, 0) is 64.3 Å². The molecular formula is C17H30IN2O-. The number of nitrogens with zero attached hydrogens (tertiary/aromatic N) is 2. The highest BCUT2D eigenvalue weighted by Gasteiger charge is 2.08. The first kappa shape index (κ1) is 20.6. The molecule has 1 heterocycles. The van der Waals surface area contributed by atoms with Gasteiger partial charge in [-0.2, -0.15) is 0 Å². The summed E-state index contributed by atoms with van der Waals surface area (Å²) in [4.78, 5) is 6.76. The molecule has 3 nitrogen and oxygen atoms in total. The van der Waals surface area contributed by atoms with Gasteiger partial charge in [-0.25, -0.2) is 4.98 Å². The van der Waals surface area contributed by atoms with E-state index in [1.54, 1.807) is 6.20 Å². The van der Waals surface area contributed by atoms with Gasteiger partial charge in [0.15, 0.2) is 0 Å². The summed E-state index contributed by atoms with van der Waals surface area (Å²) in [6.07, 6.45) is 6.61. The molecule has 0 saturated heterocycles. The summed E-state index contributed by atoms with van der Waals surface area (Å²) < 4.78 is 5.66. The average Bonchev–Trinajstić information content (AvgIpc) is 2.46. The van der Waals surface area contributed by atoms with Crippen LogP contribution in [0.25, 0.3) is 0 Å². The Labute approximate surface area is 147 Å². The standard InChI is InChI=1S/C17H30N2O.HI/c1-5-16(4)19(6-2)12-8-7-9-13-20-17-14-15(3)10-11-18-17;/h10-11,14,16H,5-9,12-13H2,1-4H3;1H/p-1. The summed E-state index contributed by atoms with van der Waals surface area (Å²) in [6, 6.07) is 4.68. The van der Waals surface area contributed by atoms with Crippen molar-refractivity contribution in [2.24, 2.45) is 0 Å². The molecule has 0 spiro atoms. The van der Waals surface area contributed by atoms with Crippen molar-refractivity contribution in [2.45, 2.75) is 59.4 Å². The number of aryl methyl sites for hydroxylation is 1. The molecule has 0 aliphatic carbocycles. The van der Waals surface area contributed by atoms with Crippen LogP contribution >= 0.6 is 0 Å². The van der Waals surface area contributed by atoms with Crippen LogP contribution in [0.1, 0.15) is 52.0 Å². The number of halogens is 1. The van der Waals surface area contributed by atoms with Gasteiger partial charge in [0.25, 0.3) is 0 Å². The second-order valence-electron chi connectivity index (χ2n) is 5.47.